The molecule has 0 radical (unpaired) electrons. The Morgan fingerprint density at radius 3 is 2.36 bits per heavy atom. The number of hydrogen-bond acceptors (Lipinski definition) is 5. The molecule has 0 aliphatic carbocycles. The van der Waals surface area contributed by atoms with Crippen molar-refractivity contribution in [2.45, 2.75) is 25.9 Å². The predicted octanol–water partition coefficient (Wildman–Crippen LogP) is 0.601. The summed E-state index contributed by atoms with van der Waals surface area (Å²) in [4.78, 5) is 31.6. The fourth-order valence-corrected chi connectivity index (χ4v) is 0.791. The van der Waals surface area contributed by atoms with Gasteiger partial charge in [0.1, 0.15) is 0 Å². The molecule has 7 heteroatoms. The number of rotatable bonds is 6. The number of ether oxygens (including phenoxy) is 1. The minimum absolute atomic E-state index is 0.303. The quantitative estimate of drug-likeness (QED) is 0.519. The molecule has 0 aromatic rings. The first-order valence-corrected chi connectivity index (χ1v) is 4.57. The fraction of sp³-hybridized carbons (Fsp3) is 0.571. The van der Waals surface area contributed by atoms with Crippen LogP contribution in [0.1, 0.15) is 19.8 Å². The molecule has 0 heterocycles. The van der Waals surface area contributed by atoms with Crippen molar-refractivity contribution >= 4 is 25.9 Å². The Morgan fingerprint density at radius 1 is 1.36 bits per heavy atom. The van der Waals surface area contributed by atoms with Gasteiger partial charge in [0.2, 0.25) is 8.46 Å². The van der Waals surface area contributed by atoms with Crippen LogP contribution in [0.2, 0.25) is 0 Å². The van der Waals surface area contributed by atoms with Gasteiger partial charge in [0, 0.05) is 0 Å². The monoisotopic (exact) mass is 220 g/mol. The highest BCUT2D eigenvalue weighted by Gasteiger charge is 2.18. The Balaban J connectivity index is 3.88. The Kier molecular flexibility index (Phi) is 5.64. The third kappa shape index (κ3) is 5.37. The second kappa shape index (κ2) is 6.21. The van der Waals surface area contributed by atoms with E-state index in [0.717, 1.165) is 0 Å². The molecule has 0 aliphatic heterocycles. The first-order valence-electron chi connectivity index (χ1n) is 3.76. The van der Waals surface area contributed by atoms with E-state index in [9.17, 15) is 18.9 Å². The van der Waals surface area contributed by atoms with Crippen LogP contribution < -0.4 is 0 Å². The number of aliphatic carboxylic acids is 1. The van der Waals surface area contributed by atoms with Gasteiger partial charge < -0.3 is 9.84 Å². The number of carboxylic acid groups (broad SMARTS) is 1. The zero-order valence-corrected chi connectivity index (χ0v) is 8.32. The summed E-state index contributed by atoms with van der Waals surface area (Å²) in [5.74, 6) is -1.92. The van der Waals surface area contributed by atoms with Crippen LogP contribution in [-0.2, 0) is 23.7 Å². The number of hydrogen-bond donors (Lipinski definition) is 1. The summed E-state index contributed by atoms with van der Waals surface area (Å²) in [5.41, 5.74) is -0.756. The van der Waals surface area contributed by atoms with Gasteiger partial charge in [-0.15, -0.1) is 0 Å². The largest absolute Gasteiger partial charge is 0.481 e. The lowest BCUT2D eigenvalue weighted by atomic mass is 10.3. The van der Waals surface area contributed by atoms with Gasteiger partial charge in [0.15, 0.2) is 6.10 Å². The molecule has 0 aliphatic rings. The van der Waals surface area contributed by atoms with E-state index in [-0.39, 0.29) is 12.8 Å². The number of carbonyl (C=O) groups is 3. The lowest BCUT2D eigenvalue weighted by Gasteiger charge is -2.07. The van der Waals surface area contributed by atoms with Gasteiger partial charge in [0.05, 0.1) is 12.8 Å². The number of carboxylic acids is 1. The van der Waals surface area contributed by atoms with Crippen molar-refractivity contribution in [1.29, 1.82) is 0 Å². The molecule has 0 unspecified atom stereocenters. The first kappa shape index (κ1) is 12.7. The standard InChI is InChI=1S/C7H9O6P/c1-4(7(11)14-12)13-6(10)3-2-5(8)9/h4H,2-3H2,1H3,(H,8,9)/t4-/m0/s1. The molecule has 0 spiro atoms. The normalized spacial score (nSPS) is 12.1. The molecule has 0 bridgehead atoms. The van der Waals surface area contributed by atoms with Gasteiger partial charge in [-0.2, -0.15) is 0 Å². The predicted molar refractivity (Wildman–Crippen MR) is 45.0 cm³/mol. The molecule has 0 saturated carbocycles. The maximum atomic E-state index is 10.8. The highest BCUT2D eigenvalue weighted by molar-refractivity contribution is 7.46. The fourth-order valence-electron chi connectivity index (χ4n) is 0.590. The van der Waals surface area contributed by atoms with Crippen molar-refractivity contribution in [2.24, 2.45) is 0 Å². The maximum absolute atomic E-state index is 10.8. The van der Waals surface area contributed by atoms with E-state index in [1.165, 1.54) is 6.92 Å². The summed E-state index contributed by atoms with van der Waals surface area (Å²) in [7, 11) is -0.728. The van der Waals surface area contributed by atoms with E-state index in [2.05, 4.69) is 4.74 Å². The highest BCUT2D eigenvalue weighted by atomic mass is 31.1. The molecule has 6 nitrogen and oxygen atoms in total. The van der Waals surface area contributed by atoms with Crippen molar-refractivity contribution < 1.29 is 28.8 Å². The van der Waals surface area contributed by atoms with E-state index in [1.807, 2.05) is 0 Å². The topological polar surface area (TPSA) is 97.7 Å². The van der Waals surface area contributed by atoms with E-state index in [4.69, 9.17) is 5.11 Å². The smallest absolute Gasteiger partial charge is 0.307 e. The number of carbonyl (C=O) groups excluding carboxylic acids is 2. The average Bonchev–Trinajstić information content (AvgIpc) is 2.13. The van der Waals surface area contributed by atoms with E-state index < -0.39 is 32.0 Å². The van der Waals surface area contributed by atoms with E-state index >= 15 is 0 Å². The van der Waals surface area contributed by atoms with Crippen molar-refractivity contribution in [2.75, 3.05) is 0 Å². The second-order valence-corrected chi connectivity index (χ2v) is 3.08. The zero-order chi connectivity index (χ0) is 11.1. The molecule has 0 amide bonds. The summed E-state index contributed by atoms with van der Waals surface area (Å²) in [5, 5.41) is 8.23. The Morgan fingerprint density at radius 2 is 1.93 bits per heavy atom. The number of esters is 1. The Bertz CT molecular complexity index is 261. The van der Waals surface area contributed by atoms with Crippen LogP contribution >= 0.6 is 8.46 Å². The molecule has 0 aromatic carbocycles. The lowest BCUT2D eigenvalue weighted by molar-refractivity contribution is -0.153. The van der Waals surface area contributed by atoms with Gasteiger partial charge in [-0.3, -0.25) is 18.9 Å². The second-order valence-electron chi connectivity index (χ2n) is 2.46. The third-order valence-electron chi connectivity index (χ3n) is 1.29. The van der Waals surface area contributed by atoms with Crippen molar-refractivity contribution in [3.05, 3.63) is 0 Å². The molecular weight excluding hydrogens is 211 g/mol. The van der Waals surface area contributed by atoms with Crippen LogP contribution in [0, 0.1) is 0 Å². The third-order valence-corrected chi connectivity index (χ3v) is 1.83. The van der Waals surface area contributed by atoms with Crippen LogP contribution in [0.3, 0.4) is 0 Å². The minimum Gasteiger partial charge on any atom is -0.481 e. The zero-order valence-electron chi connectivity index (χ0n) is 7.43. The van der Waals surface area contributed by atoms with E-state index in [1.54, 1.807) is 0 Å². The Hall–Kier alpha value is -1.29. The Labute approximate surface area is 81.4 Å². The van der Waals surface area contributed by atoms with Gasteiger partial charge >= 0.3 is 11.9 Å². The minimum atomic E-state index is -1.12. The summed E-state index contributed by atoms with van der Waals surface area (Å²) in [6, 6.07) is 0. The molecular formula is C7H9O6P. The molecule has 0 aromatic heterocycles. The van der Waals surface area contributed by atoms with Gasteiger partial charge in [-0.1, -0.05) is 0 Å². The summed E-state index contributed by atoms with van der Waals surface area (Å²) in [6.45, 7) is 1.27. The van der Waals surface area contributed by atoms with Crippen LogP contribution in [-0.4, -0.2) is 28.7 Å². The summed E-state index contributed by atoms with van der Waals surface area (Å²) in [6.07, 6.45) is -1.76. The molecule has 78 valence electrons. The summed E-state index contributed by atoms with van der Waals surface area (Å²) >= 11 is 0. The van der Waals surface area contributed by atoms with E-state index in [0.29, 0.717) is 0 Å². The van der Waals surface area contributed by atoms with Crippen LogP contribution in [0.4, 0.5) is 0 Å². The van der Waals surface area contributed by atoms with Gasteiger partial charge in [-0.25, -0.2) is 0 Å². The van der Waals surface area contributed by atoms with Gasteiger partial charge in [-0.05, 0) is 6.92 Å². The molecule has 0 fully saturated rings. The first-order chi connectivity index (χ1) is 6.47. The van der Waals surface area contributed by atoms with Crippen LogP contribution in [0.5, 0.6) is 0 Å². The summed E-state index contributed by atoms with van der Waals surface area (Å²) < 4.78 is 14.6. The maximum Gasteiger partial charge on any atom is 0.307 e. The molecule has 14 heavy (non-hydrogen) atoms. The van der Waals surface area contributed by atoms with Crippen LogP contribution in [0.25, 0.3) is 0 Å². The lowest BCUT2D eigenvalue weighted by Crippen LogP contribution is -2.20. The molecule has 0 rings (SSSR count). The molecule has 1 atom stereocenters. The average molecular weight is 220 g/mol. The van der Waals surface area contributed by atoms with Crippen molar-refractivity contribution in [3.63, 3.8) is 0 Å². The highest BCUT2D eigenvalue weighted by Crippen LogP contribution is 2.05. The van der Waals surface area contributed by atoms with Gasteiger partial charge in [0.25, 0.3) is 5.52 Å². The van der Waals surface area contributed by atoms with Crippen molar-refractivity contribution in [1.82, 2.24) is 0 Å². The van der Waals surface area contributed by atoms with Crippen molar-refractivity contribution in [3.8, 4) is 0 Å². The van der Waals surface area contributed by atoms with Crippen LogP contribution in [0.15, 0.2) is 0 Å². The molecule has 1 N–H and O–H groups in total. The SMILES string of the molecule is C[C@H](OC(=O)CCC(=O)O)C(=O)P=O. The molecule has 0 saturated heterocycles.